The minimum Gasteiger partial charge on any atom is -0.371 e. The molecule has 16 heavy (non-hydrogen) atoms. The maximum absolute atomic E-state index is 5.89. The molecule has 0 spiro atoms. The highest BCUT2D eigenvalue weighted by molar-refractivity contribution is 7.98. The summed E-state index contributed by atoms with van der Waals surface area (Å²) in [5.41, 5.74) is 8.57. The van der Waals surface area contributed by atoms with E-state index in [0.29, 0.717) is 6.54 Å². The standard InChI is InChI=1S/C13H20N2S/c1-16-13-7-5-6-12(11(13)10-14)15-8-3-2-4-9-15/h5-7H,2-4,8-10,14H2,1H3. The van der Waals surface area contributed by atoms with Gasteiger partial charge in [-0.05, 0) is 37.7 Å². The largest absolute Gasteiger partial charge is 0.371 e. The Hall–Kier alpha value is -0.670. The van der Waals surface area contributed by atoms with Gasteiger partial charge in [0.1, 0.15) is 0 Å². The van der Waals surface area contributed by atoms with Crippen LogP contribution in [-0.4, -0.2) is 19.3 Å². The Morgan fingerprint density at radius 2 is 2.00 bits per heavy atom. The van der Waals surface area contributed by atoms with Crippen LogP contribution in [0.2, 0.25) is 0 Å². The number of nitrogens with zero attached hydrogens (tertiary/aromatic N) is 1. The first-order chi connectivity index (χ1) is 7.86. The van der Waals surface area contributed by atoms with Crippen LogP contribution in [0.4, 0.5) is 5.69 Å². The van der Waals surface area contributed by atoms with Gasteiger partial charge in [-0.1, -0.05) is 6.07 Å². The van der Waals surface area contributed by atoms with Crippen molar-refractivity contribution >= 4 is 17.4 Å². The van der Waals surface area contributed by atoms with Gasteiger partial charge in [-0.3, -0.25) is 0 Å². The first-order valence-electron chi connectivity index (χ1n) is 5.97. The first-order valence-corrected chi connectivity index (χ1v) is 7.20. The highest BCUT2D eigenvalue weighted by Crippen LogP contribution is 2.30. The van der Waals surface area contributed by atoms with Crippen LogP contribution in [0.1, 0.15) is 24.8 Å². The van der Waals surface area contributed by atoms with Gasteiger partial charge >= 0.3 is 0 Å². The fraction of sp³-hybridized carbons (Fsp3) is 0.538. The smallest absolute Gasteiger partial charge is 0.0423 e. The third kappa shape index (κ3) is 2.36. The Labute approximate surface area is 102 Å². The fourth-order valence-electron chi connectivity index (χ4n) is 2.38. The van der Waals surface area contributed by atoms with E-state index < -0.39 is 0 Å². The highest BCUT2D eigenvalue weighted by atomic mass is 32.2. The van der Waals surface area contributed by atoms with E-state index >= 15 is 0 Å². The highest BCUT2D eigenvalue weighted by Gasteiger charge is 2.15. The second-order valence-electron chi connectivity index (χ2n) is 4.21. The summed E-state index contributed by atoms with van der Waals surface area (Å²) in [4.78, 5) is 3.82. The lowest BCUT2D eigenvalue weighted by molar-refractivity contribution is 0.576. The third-order valence-corrected chi connectivity index (χ3v) is 4.05. The van der Waals surface area contributed by atoms with Crippen LogP contribution in [0.3, 0.4) is 0 Å². The molecule has 0 unspecified atom stereocenters. The van der Waals surface area contributed by atoms with E-state index in [0.717, 1.165) is 0 Å². The molecule has 1 aliphatic heterocycles. The molecule has 0 atom stereocenters. The topological polar surface area (TPSA) is 29.3 Å². The van der Waals surface area contributed by atoms with Crippen molar-refractivity contribution in [3.8, 4) is 0 Å². The minimum atomic E-state index is 0.642. The van der Waals surface area contributed by atoms with Crippen molar-refractivity contribution in [2.75, 3.05) is 24.2 Å². The van der Waals surface area contributed by atoms with Crippen LogP contribution in [0.25, 0.3) is 0 Å². The molecule has 1 fully saturated rings. The molecule has 1 saturated heterocycles. The SMILES string of the molecule is CSc1cccc(N2CCCCC2)c1CN. The minimum absolute atomic E-state index is 0.642. The molecule has 0 aromatic heterocycles. The number of anilines is 1. The Balaban J connectivity index is 2.30. The van der Waals surface area contributed by atoms with E-state index in [1.807, 2.05) is 0 Å². The van der Waals surface area contributed by atoms with E-state index in [1.165, 1.54) is 48.5 Å². The third-order valence-electron chi connectivity index (χ3n) is 3.23. The summed E-state index contributed by atoms with van der Waals surface area (Å²) in [5, 5.41) is 0. The van der Waals surface area contributed by atoms with Gasteiger partial charge in [0.2, 0.25) is 0 Å². The van der Waals surface area contributed by atoms with Gasteiger partial charge in [-0.15, -0.1) is 11.8 Å². The molecule has 0 radical (unpaired) electrons. The molecule has 0 amide bonds. The van der Waals surface area contributed by atoms with Crippen LogP contribution in [-0.2, 0) is 6.54 Å². The summed E-state index contributed by atoms with van der Waals surface area (Å²) < 4.78 is 0. The van der Waals surface area contributed by atoms with Crippen molar-refractivity contribution in [1.29, 1.82) is 0 Å². The summed E-state index contributed by atoms with van der Waals surface area (Å²) >= 11 is 1.79. The van der Waals surface area contributed by atoms with Crippen molar-refractivity contribution in [3.05, 3.63) is 23.8 Å². The van der Waals surface area contributed by atoms with Crippen molar-refractivity contribution in [1.82, 2.24) is 0 Å². The molecule has 1 aromatic rings. The van der Waals surface area contributed by atoms with Crippen molar-refractivity contribution in [2.45, 2.75) is 30.7 Å². The predicted octanol–water partition coefficient (Wildman–Crippen LogP) is 2.86. The molecule has 1 aromatic carbocycles. The average molecular weight is 236 g/mol. The summed E-state index contributed by atoms with van der Waals surface area (Å²) in [6.07, 6.45) is 6.12. The quantitative estimate of drug-likeness (QED) is 0.818. The molecule has 1 aliphatic rings. The van der Waals surface area contributed by atoms with Crippen LogP contribution in [0.5, 0.6) is 0 Å². The Kier molecular flexibility index (Phi) is 4.13. The van der Waals surface area contributed by atoms with Crippen molar-refractivity contribution in [3.63, 3.8) is 0 Å². The Morgan fingerprint density at radius 3 is 2.62 bits per heavy atom. The molecule has 2 rings (SSSR count). The van der Waals surface area contributed by atoms with E-state index in [1.54, 1.807) is 11.8 Å². The molecule has 0 bridgehead atoms. The lowest BCUT2D eigenvalue weighted by Gasteiger charge is -2.31. The fourth-order valence-corrected chi connectivity index (χ4v) is 3.03. The van der Waals surface area contributed by atoms with Gasteiger partial charge < -0.3 is 10.6 Å². The molecular weight excluding hydrogens is 216 g/mol. The zero-order valence-corrected chi connectivity index (χ0v) is 10.7. The summed E-state index contributed by atoms with van der Waals surface area (Å²) in [6, 6.07) is 6.53. The van der Waals surface area contributed by atoms with Gasteiger partial charge in [-0.25, -0.2) is 0 Å². The summed E-state index contributed by atoms with van der Waals surface area (Å²) in [5.74, 6) is 0. The zero-order chi connectivity index (χ0) is 11.4. The van der Waals surface area contributed by atoms with Crippen LogP contribution in [0.15, 0.2) is 23.1 Å². The van der Waals surface area contributed by atoms with Gasteiger partial charge in [0.15, 0.2) is 0 Å². The Bertz CT molecular complexity index is 346. The van der Waals surface area contributed by atoms with Crippen LogP contribution in [0, 0.1) is 0 Å². The number of benzene rings is 1. The Morgan fingerprint density at radius 1 is 1.25 bits per heavy atom. The molecule has 2 N–H and O–H groups in total. The van der Waals surface area contributed by atoms with E-state index in [-0.39, 0.29) is 0 Å². The molecule has 1 heterocycles. The average Bonchev–Trinajstić information content (AvgIpc) is 2.38. The van der Waals surface area contributed by atoms with Crippen molar-refractivity contribution in [2.24, 2.45) is 5.73 Å². The maximum Gasteiger partial charge on any atom is 0.0423 e. The number of hydrogen-bond acceptors (Lipinski definition) is 3. The number of thioether (sulfide) groups is 1. The molecule has 0 aliphatic carbocycles. The van der Waals surface area contributed by atoms with Crippen LogP contribution >= 0.6 is 11.8 Å². The van der Waals surface area contributed by atoms with Crippen LogP contribution < -0.4 is 10.6 Å². The molecular formula is C13H20N2S. The zero-order valence-electron chi connectivity index (χ0n) is 9.91. The van der Waals surface area contributed by atoms with Gasteiger partial charge in [0, 0.05) is 35.8 Å². The normalized spacial score (nSPS) is 16.5. The lowest BCUT2D eigenvalue weighted by Crippen LogP contribution is -2.30. The lowest BCUT2D eigenvalue weighted by atomic mass is 10.1. The van der Waals surface area contributed by atoms with E-state index in [9.17, 15) is 0 Å². The molecule has 88 valence electrons. The van der Waals surface area contributed by atoms with E-state index in [2.05, 4.69) is 29.4 Å². The van der Waals surface area contributed by atoms with Gasteiger partial charge in [0.05, 0.1) is 0 Å². The number of nitrogens with two attached hydrogens (primary N) is 1. The number of piperidine rings is 1. The first kappa shape index (κ1) is 11.8. The van der Waals surface area contributed by atoms with Gasteiger partial charge in [-0.2, -0.15) is 0 Å². The second kappa shape index (κ2) is 5.60. The predicted molar refractivity (Wildman–Crippen MR) is 72.2 cm³/mol. The van der Waals surface area contributed by atoms with E-state index in [4.69, 9.17) is 5.73 Å². The summed E-state index contributed by atoms with van der Waals surface area (Å²) in [6.45, 7) is 3.01. The maximum atomic E-state index is 5.89. The second-order valence-corrected chi connectivity index (χ2v) is 5.06. The van der Waals surface area contributed by atoms with Gasteiger partial charge in [0.25, 0.3) is 0 Å². The van der Waals surface area contributed by atoms with Crippen molar-refractivity contribution < 1.29 is 0 Å². The number of rotatable bonds is 3. The number of hydrogen-bond donors (Lipinski definition) is 1. The molecule has 2 nitrogen and oxygen atoms in total. The summed E-state index contributed by atoms with van der Waals surface area (Å²) in [7, 11) is 0. The molecule has 0 saturated carbocycles. The monoisotopic (exact) mass is 236 g/mol. The molecule has 3 heteroatoms.